The molecule has 2 aromatic carbocycles. The van der Waals surface area contributed by atoms with Gasteiger partial charge in [0.1, 0.15) is 11.5 Å². The van der Waals surface area contributed by atoms with Crippen LogP contribution in [0.2, 0.25) is 10.0 Å². The molecule has 1 aliphatic heterocycles. The highest BCUT2D eigenvalue weighted by molar-refractivity contribution is 6.31. The van der Waals surface area contributed by atoms with E-state index in [0.29, 0.717) is 83.9 Å². The minimum absolute atomic E-state index is 0.132. The maximum atomic E-state index is 13.2. The third-order valence-electron chi connectivity index (χ3n) is 5.30. The van der Waals surface area contributed by atoms with Gasteiger partial charge >= 0.3 is 0 Å². The van der Waals surface area contributed by atoms with Gasteiger partial charge in [0.05, 0.1) is 18.8 Å². The molecule has 184 valence electrons. The molecule has 0 atom stereocenters. The van der Waals surface area contributed by atoms with Gasteiger partial charge in [-0.25, -0.2) is 0 Å². The molecule has 2 amide bonds. The first-order valence-electron chi connectivity index (χ1n) is 11.6. The predicted molar refractivity (Wildman–Crippen MR) is 135 cm³/mol. The van der Waals surface area contributed by atoms with Gasteiger partial charge < -0.3 is 19.3 Å². The molecule has 0 aliphatic carbocycles. The van der Waals surface area contributed by atoms with E-state index in [1.165, 1.54) is 0 Å². The lowest BCUT2D eigenvalue weighted by Gasteiger charge is -2.35. The first kappa shape index (κ1) is 26.2. The molecule has 8 heteroatoms. The SMILES string of the molecule is CC(C)COc1cc(Cl)cc(C(=O)N2CCN(C(=O)c3cc(Cl)ccc3OCC(C)C)CC2)c1. The molecule has 3 rings (SSSR count). The van der Waals surface area contributed by atoms with Crippen molar-refractivity contribution in [3.8, 4) is 11.5 Å². The summed E-state index contributed by atoms with van der Waals surface area (Å²) in [5.74, 6) is 1.51. The maximum Gasteiger partial charge on any atom is 0.257 e. The van der Waals surface area contributed by atoms with Crippen molar-refractivity contribution in [2.75, 3.05) is 39.4 Å². The average Bonchev–Trinajstić information content (AvgIpc) is 2.80. The van der Waals surface area contributed by atoms with Crippen LogP contribution in [-0.2, 0) is 0 Å². The van der Waals surface area contributed by atoms with Gasteiger partial charge in [0.15, 0.2) is 0 Å². The molecule has 6 nitrogen and oxygen atoms in total. The predicted octanol–water partition coefficient (Wildman–Crippen LogP) is 5.66. The van der Waals surface area contributed by atoms with E-state index in [1.807, 2.05) is 13.8 Å². The monoisotopic (exact) mass is 506 g/mol. The minimum Gasteiger partial charge on any atom is -0.493 e. The molecule has 0 aromatic heterocycles. The number of piperazine rings is 1. The average molecular weight is 507 g/mol. The van der Waals surface area contributed by atoms with E-state index >= 15 is 0 Å². The van der Waals surface area contributed by atoms with E-state index in [-0.39, 0.29) is 11.8 Å². The van der Waals surface area contributed by atoms with Crippen LogP contribution in [0.15, 0.2) is 36.4 Å². The molecule has 0 bridgehead atoms. The summed E-state index contributed by atoms with van der Waals surface area (Å²) in [5.41, 5.74) is 0.917. The number of halogens is 2. The van der Waals surface area contributed by atoms with Crippen molar-refractivity contribution < 1.29 is 19.1 Å². The fraction of sp³-hybridized carbons (Fsp3) is 0.462. The fourth-order valence-electron chi connectivity index (χ4n) is 3.55. The highest BCUT2D eigenvalue weighted by atomic mass is 35.5. The van der Waals surface area contributed by atoms with E-state index in [9.17, 15) is 9.59 Å². The van der Waals surface area contributed by atoms with Gasteiger partial charge in [-0.1, -0.05) is 50.9 Å². The van der Waals surface area contributed by atoms with Crippen LogP contribution in [0.1, 0.15) is 48.4 Å². The summed E-state index contributed by atoms with van der Waals surface area (Å²) in [4.78, 5) is 29.8. The summed E-state index contributed by atoms with van der Waals surface area (Å²) in [5, 5.41) is 0.929. The number of hydrogen-bond acceptors (Lipinski definition) is 4. The lowest BCUT2D eigenvalue weighted by molar-refractivity contribution is 0.0532. The van der Waals surface area contributed by atoms with Crippen LogP contribution in [0.4, 0.5) is 0 Å². The van der Waals surface area contributed by atoms with E-state index < -0.39 is 0 Å². The van der Waals surface area contributed by atoms with Gasteiger partial charge in [-0.3, -0.25) is 9.59 Å². The van der Waals surface area contributed by atoms with Gasteiger partial charge in [0.2, 0.25) is 0 Å². The zero-order valence-corrected chi connectivity index (χ0v) is 21.7. The fourth-order valence-corrected chi connectivity index (χ4v) is 3.95. The third kappa shape index (κ3) is 7.03. The van der Waals surface area contributed by atoms with Crippen LogP contribution < -0.4 is 9.47 Å². The zero-order valence-electron chi connectivity index (χ0n) is 20.1. The molecule has 0 spiro atoms. The lowest BCUT2D eigenvalue weighted by Crippen LogP contribution is -2.50. The Bertz CT molecular complexity index is 1020. The van der Waals surface area contributed by atoms with Crippen molar-refractivity contribution in [2.24, 2.45) is 11.8 Å². The van der Waals surface area contributed by atoms with Crippen molar-refractivity contribution in [3.63, 3.8) is 0 Å². The summed E-state index contributed by atoms with van der Waals surface area (Å²) in [6.07, 6.45) is 0. The van der Waals surface area contributed by atoms with Crippen LogP contribution in [0.3, 0.4) is 0 Å². The Morgan fingerprint density at radius 3 is 2.00 bits per heavy atom. The van der Waals surface area contributed by atoms with Crippen molar-refractivity contribution in [2.45, 2.75) is 27.7 Å². The van der Waals surface area contributed by atoms with Gasteiger partial charge in [0, 0.05) is 41.8 Å². The number of rotatable bonds is 8. The molecule has 1 saturated heterocycles. The Morgan fingerprint density at radius 1 is 0.794 bits per heavy atom. The quantitative estimate of drug-likeness (QED) is 0.463. The van der Waals surface area contributed by atoms with Crippen LogP contribution in [0, 0.1) is 11.8 Å². The highest BCUT2D eigenvalue weighted by Gasteiger charge is 2.27. The smallest absolute Gasteiger partial charge is 0.257 e. The second-order valence-corrected chi connectivity index (χ2v) is 10.2. The summed E-state index contributed by atoms with van der Waals surface area (Å²) >= 11 is 12.4. The normalized spacial score (nSPS) is 14.0. The Kier molecular flexibility index (Phi) is 9.09. The van der Waals surface area contributed by atoms with E-state index in [2.05, 4.69) is 13.8 Å². The number of ether oxygens (including phenoxy) is 2. The Hall–Kier alpha value is -2.44. The largest absolute Gasteiger partial charge is 0.493 e. The number of benzene rings is 2. The van der Waals surface area contributed by atoms with Gasteiger partial charge in [0.25, 0.3) is 11.8 Å². The molecular formula is C26H32Cl2N2O4. The van der Waals surface area contributed by atoms with E-state index in [0.717, 1.165) is 0 Å². The van der Waals surface area contributed by atoms with Gasteiger partial charge in [-0.2, -0.15) is 0 Å². The molecular weight excluding hydrogens is 475 g/mol. The Balaban J connectivity index is 1.66. The van der Waals surface area contributed by atoms with Crippen LogP contribution >= 0.6 is 23.2 Å². The van der Waals surface area contributed by atoms with Gasteiger partial charge in [-0.15, -0.1) is 0 Å². The minimum atomic E-state index is -0.152. The van der Waals surface area contributed by atoms with Crippen molar-refractivity contribution in [1.82, 2.24) is 9.80 Å². The van der Waals surface area contributed by atoms with E-state index in [1.54, 1.807) is 46.2 Å². The van der Waals surface area contributed by atoms with Gasteiger partial charge in [-0.05, 0) is 48.2 Å². The second kappa shape index (κ2) is 11.8. The first-order valence-corrected chi connectivity index (χ1v) is 12.3. The standard InChI is InChI=1S/C26H32Cl2N2O4/c1-17(2)15-33-22-12-19(11-21(28)13-22)25(31)29-7-9-30(10-8-29)26(32)23-14-20(27)5-6-24(23)34-16-18(3)4/h5-6,11-14,17-18H,7-10,15-16H2,1-4H3. The molecule has 0 N–H and O–H groups in total. The Labute approximate surface area is 211 Å². The zero-order chi connectivity index (χ0) is 24.8. The molecule has 1 heterocycles. The van der Waals surface area contributed by atoms with Crippen molar-refractivity contribution in [1.29, 1.82) is 0 Å². The highest BCUT2D eigenvalue weighted by Crippen LogP contribution is 2.26. The topological polar surface area (TPSA) is 59.1 Å². The first-order chi connectivity index (χ1) is 16.1. The summed E-state index contributed by atoms with van der Waals surface area (Å²) in [6, 6.07) is 10.2. The number of carbonyl (C=O) groups excluding carboxylic acids is 2. The Morgan fingerprint density at radius 2 is 1.38 bits per heavy atom. The van der Waals surface area contributed by atoms with E-state index in [4.69, 9.17) is 32.7 Å². The van der Waals surface area contributed by atoms with Crippen molar-refractivity contribution >= 4 is 35.0 Å². The third-order valence-corrected chi connectivity index (χ3v) is 5.75. The number of amides is 2. The van der Waals surface area contributed by atoms with Crippen molar-refractivity contribution in [3.05, 3.63) is 57.6 Å². The maximum absolute atomic E-state index is 13.2. The van der Waals surface area contributed by atoms with Crippen LogP contribution in [0.5, 0.6) is 11.5 Å². The molecule has 0 radical (unpaired) electrons. The second-order valence-electron chi connectivity index (χ2n) is 9.31. The number of carbonyl (C=O) groups is 2. The molecule has 0 unspecified atom stereocenters. The number of nitrogens with zero attached hydrogens (tertiary/aromatic N) is 2. The van der Waals surface area contributed by atoms with Crippen LogP contribution in [-0.4, -0.2) is 61.0 Å². The molecule has 1 fully saturated rings. The summed E-state index contributed by atoms with van der Waals surface area (Å²) in [7, 11) is 0. The summed E-state index contributed by atoms with van der Waals surface area (Å²) in [6.45, 7) is 10.9. The molecule has 34 heavy (non-hydrogen) atoms. The molecule has 2 aromatic rings. The van der Waals surface area contributed by atoms with Crippen LogP contribution in [0.25, 0.3) is 0 Å². The number of hydrogen-bond donors (Lipinski definition) is 0. The molecule has 1 aliphatic rings. The summed E-state index contributed by atoms with van der Waals surface area (Å²) < 4.78 is 11.6. The molecule has 0 saturated carbocycles. The lowest BCUT2D eigenvalue weighted by atomic mass is 10.1.